The molecule has 0 N–H and O–H groups in total. The summed E-state index contributed by atoms with van der Waals surface area (Å²) in [5, 5.41) is 0. The van der Waals surface area contributed by atoms with E-state index in [1.54, 1.807) is 0 Å². The molecule has 0 saturated carbocycles. The van der Waals surface area contributed by atoms with Gasteiger partial charge in [0.2, 0.25) is 0 Å². The van der Waals surface area contributed by atoms with Gasteiger partial charge in [-0.2, -0.15) is 0 Å². The number of ether oxygens (including phenoxy) is 1. The van der Waals surface area contributed by atoms with Gasteiger partial charge in [0.15, 0.2) is 0 Å². The molecule has 2 rings (SSSR count). The van der Waals surface area contributed by atoms with Gasteiger partial charge in [-0.1, -0.05) is 22.0 Å². The van der Waals surface area contributed by atoms with E-state index in [0.717, 1.165) is 42.9 Å². The zero-order chi connectivity index (χ0) is 14.5. The average molecular weight is 341 g/mol. The van der Waals surface area contributed by atoms with Gasteiger partial charge in [-0.15, -0.1) is 0 Å². The van der Waals surface area contributed by atoms with Crippen molar-refractivity contribution in [3.05, 3.63) is 28.2 Å². The minimum absolute atomic E-state index is 0.652. The van der Waals surface area contributed by atoms with Crippen molar-refractivity contribution in [3.63, 3.8) is 0 Å². The summed E-state index contributed by atoms with van der Waals surface area (Å²) in [6, 6.07) is 6.85. The molecule has 1 saturated heterocycles. The molecule has 112 valence electrons. The lowest BCUT2D eigenvalue weighted by Gasteiger charge is -2.37. The van der Waals surface area contributed by atoms with Gasteiger partial charge >= 0.3 is 0 Å². The zero-order valence-electron chi connectivity index (χ0n) is 12.7. The molecule has 1 fully saturated rings. The van der Waals surface area contributed by atoms with Gasteiger partial charge in [-0.25, -0.2) is 0 Å². The summed E-state index contributed by atoms with van der Waals surface area (Å²) < 4.78 is 6.90. The molecule has 3 nitrogen and oxygen atoms in total. The van der Waals surface area contributed by atoms with Crippen molar-refractivity contribution in [1.82, 2.24) is 9.80 Å². The van der Waals surface area contributed by atoms with E-state index < -0.39 is 0 Å². The van der Waals surface area contributed by atoms with Gasteiger partial charge in [0.05, 0.1) is 6.61 Å². The minimum atomic E-state index is 0.652. The summed E-state index contributed by atoms with van der Waals surface area (Å²) in [6.45, 7) is 12.8. The smallest absolute Gasteiger partial charge is 0.124 e. The number of rotatable bonds is 5. The minimum Gasteiger partial charge on any atom is -0.494 e. The number of hydrogen-bond donors (Lipinski definition) is 0. The summed E-state index contributed by atoms with van der Waals surface area (Å²) >= 11 is 3.66. The molecule has 0 radical (unpaired) electrons. The first-order valence-electron chi connectivity index (χ1n) is 7.48. The first kappa shape index (κ1) is 15.8. The number of halogens is 1. The Morgan fingerprint density at radius 2 is 1.90 bits per heavy atom. The van der Waals surface area contributed by atoms with E-state index in [2.05, 4.69) is 51.7 Å². The van der Waals surface area contributed by atoms with Crippen molar-refractivity contribution in [3.8, 4) is 5.75 Å². The second-order valence-corrected chi connectivity index (χ2v) is 6.41. The predicted molar refractivity (Wildman–Crippen MR) is 87.3 cm³/mol. The summed E-state index contributed by atoms with van der Waals surface area (Å²) in [5.74, 6) is 1.01. The second kappa shape index (κ2) is 7.43. The largest absolute Gasteiger partial charge is 0.494 e. The molecule has 1 aromatic rings. The molecule has 1 heterocycles. The Morgan fingerprint density at radius 1 is 1.20 bits per heavy atom. The molecule has 4 heteroatoms. The maximum absolute atomic E-state index is 5.75. The van der Waals surface area contributed by atoms with Crippen molar-refractivity contribution in [1.29, 1.82) is 0 Å². The highest BCUT2D eigenvalue weighted by molar-refractivity contribution is 9.10. The molecule has 20 heavy (non-hydrogen) atoms. The quantitative estimate of drug-likeness (QED) is 0.817. The van der Waals surface area contributed by atoms with Crippen LogP contribution in [0.15, 0.2) is 22.7 Å². The van der Waals surface area contributed by atoms with Crippen molar-refractivity contribution >= 4 is 15.9 Å². The SMILES string of the molecule is CCOc1cccc(Br)c1CN1CCN(C(C)C)CC1. The number of piperazine rings is 1. The lowest BCUT2D eigenvalue weighted by atomic mass is 10.1. The van der Waals surface area contributed by atoms with E-state index in [4.69, 9.17) is 4.74 Å². The fourth-order valence-corrected chi connectivity index (χ4v) is 3.12. The Balaban J connectivity index is 2.00. The standard InChI is InChI=1S/C16H25BrN2O/c1-4-20-16-7-5-6-15(17)14(16)12-18-8-10-19(11-9-18)13(2)3/h5-7,13H,4,8-12H2,1-3H3. The van der Waals surface area contributed by atoms with E-state index in [1.807, 2.05) is 13.0 Å². The van der Waals surface area contributed by atoms with Crippen molar-refractivity contribution < 1.29 is 4.74 Å². The molecule has 0 bridgehead atoms. The van der Waals surface area contributed by atoms with Crippen LogP contribution in [0.1, 0.15) is 26.3 Å². The molecular weight excluding hydrogens is 316 g/mol. The fraction of sp³-hybridized carbons (Fsp3) is 0.625. The summed E-state index contributed by atoms with van der Waals surface area (Å²) in [5.41, 5.74) is 1.27. The van der Waals surface area contributed by atoms with Gasteiger partial charge in [0.25, 0.3) is 0 Å². The molecule has 0 amide bonds. The van der Waals surface area contributed by atoms with Gasteiger partial charge in [-0.3, -0.25) is 9.80 Å². The third-order valence-corrected chi connectivity index (χ3v) is 4.64. The summed E-state index contributed by atoms with van der Waals surface area (Å²) in [6.07, 6.45) is 0. The third kappa shape index (κ3) is 3.96. The first-order valence-corrected chi connectivity index (χ1v) is 8.27. The number of benzene rings is 1. The molecule has 0 aliphatic carbocycles. The van der Waals surface area contributed by atoms with Crippen LogP contribution in [0.5, 0.6) is 5.75 Å². The van der Waals surface area contributed by atoms with Crippen LogP contribution in [0.2, 0.25) is 0 Å². The molecule has 1 aliphatic rings. The van der Waals surface area contributed by atoms with E-state index >= 15 is 0 Å². The van der Waals surface area contributed by atoms with Crippen molar-refractivity contribution in [2.75, 3.05) is 32.8 Å². The van der Waals surface area contributed by atoms with Crippen LogP contribution in [0.3, 0.4) is 0 Å². The number of hydrogen-bond acceptors (Lipinski definition) is 3. The van der Waals surface area contributed by atoms with Crippen molar-refractivity contribution in [2.24, 2.45) is 0 Å². The van der Waals surface area contributed by atoms with Crippen molar-refractivity contribution in [2.45, 2.75) is 33.4 Å². The van der Waals surface area contributed by atoms with E-state index in [-0.39, 0.29) is 0 Å². The summed E-state index contributed by atoms with van der Waals surface area (Å²) in [4.78, 5) is 5.06. The van der Waals surface area contributed by atoms with E-state index in [1.165, 1.54) is 5.56 Å². The van der Waals surface area contributed by atoms with E-state index in [9.17, 15) is 0 Å². The van der Waals surface area contributed by atoms with Crippen LogP contribution in [-0.2, 0) is 6.54 Å². The molecule has 0 spiro atoms. The Labute approximate surface area is 131 Å². The Kier molecular flexibility index (Phi) is 5.87. The zero-order valence-corrected chi connectivity index (χ0v) is 14.3. The van der Waals surface area contributed by atoms with Crippen LogP contribution >= 0.6 is 15.9 Å². The molecule has 0 unspecified atom stereocenters. The maximum atomic E-state index is 5.75. The highest BCUT2D eigenvalue weighted by Gasteiger charge is 2.20. The van der Waals surface area contributed by atoms with E-state index in [0.29, 0.717) is 12.6 Å². The average Bonchev–Trinajstić information content (AvgIpc) is 2.43. The Bertz CT molecular complexity index is 428. The fourth-order valence-electron chi connectivity index (χ4n) is 2.64. The molecule has 1 aliphatic heterocycles. The highest BCUT2D eigenvalue weighted by Crippen LogP contribution is 2.28. The topological polar surface area (TPSA) is 15.7 Å². The Hall–Kier alpha value is -0.580. The Morgan fingerprint density at radius 3 is 2.50 bits per heavy atom. The monoisotopic (exact) mass is 340 g/mol. The summed E-state index contributed by atoms with van der Waals surface area (Å²) in [7, 11) is 0. The van der Waals surface area contributed by atoms with Gasteiger partial charge in [0, 0.05) is 48.8 Å². The maximum Gasteiger partial charge on any atom is 0.124 e. The highest BCUT2D eigenvalue weighted by atomic mass is 79.9. The van der Waals surface area contributed by atoms with Crippen LogP contribution in [-0.4, -0.2) is 48.6 Å². The lowest BCUT2D eigenvalue weighted by molar-refractivity contribution is 0.103. The van der Waals surface area contributed by atoms with Crippen LogP contribution in [0.4, 0.5) is 0 Å². The lowest BCUT2D eigenvalue weighted by Crippen LogP contribution is -2.48. The van der Waals surface area contributed by atoms with Gasteiger partial charge in [-0.05, 0) is 32.9 Å². The molecule has 0 atom stereocenters. The predicted octanol–water partition coefficient (Wildman–Crippen LogP) is 3.37. The molecular formula is C16H25BrN2O. The molecule has 0 aromatic heterocycles. The van der Waals surface area contributed by atoms with Crippen LogP contribution in [0, 0.1) is 0 Å². The van der Waals surface area contributed by atoms with Gasteiger partial charge < -0.3 is 4.74 Å². The normalized spacial score (nSPS) is 17.6. The third-order valence-electron chi connectivity index (χ3n) is 3.89. The van der Waals surface area contributed by atoms with Gasteiger partial charge in [0.1, 0.15) is 5.75 Å². The number of nitrogens with zero attached hydrogens (tertiary/aromatic N) is 2. The van der Waals surface area contributed by atoms with Crippen LogP contribution in [0.25, 0.3) is 0 Å². The molecule has 1 aromatic carbocycles. The first-order chi connectivity index (χ1) is 9.61. The second-order valence-electron chi connectivity index (χ2n) is 5.56. The van der Waals surface area contributed by atoms with Crippen LogP contribution < -0.4 is 4.74 Å².